The standard InChI is InChI=1S/C29H28BrN5O/c1-33-14-16-34(17-15-33)28-19-27-21(18-25(28)30)10-13-35(27)29(36)32-26-7-6-22(20-8-11-31-12-9-20)23-4-2-3-5-24(23)26/h2-9,11-12,18-19H,10,13-17H2,1H3,(H,32,36). The second-order valence-electron chi connectivity index (χ2n) is 9.50. The molecule has 36 heavy (non-hydrogen) atoms. The van der Waals surface area contributed by atoms with Gasteiger partial charge in [-0.25, -0.2) is 4.79 Å². The van der Waals surface area contributed by atoms with Crippen LogP contribution >= 0.6 is 15.9 Å². The second-order valence-corrected chi connectivity index (χ2v) is 10.4. The molecule has 1 fully saturated rings. The number of hydrogen-bond donors (Lipinski definition) is 1. The van der Waals surface area contributed by atoms with Crippen molar-refractivity contribution in [3.63, 3.8) is 0 Å². The van der Waals surface area contributed by atoms with Crippen molar-refractivity contribution in [2.45, 2.75) is 6.42 Å². The van der Waals surface area contributed by atoms with Crippen molar-refractivity contribution >= 4 is 49.8 Å². The molecule has 1 aromatic heterocycles. The maximum Gasteiger partial charge on any atom is 0.326 e. The zero-order valence-electron chi connectivity index (χ0n) is 20.2. The Morgan fingerprint density at radius 1 is 0.889 bits per heavy atom. The highest BCUT2D eigenvalue weighted by Crippen LogP contribution is 2.39. The van der Waals surface area contributed by atoms with Crippen molar-refractivity contribution in [3.05, 3.63) is 83.1 Å². The molecule has 0 unspecified atom stereocenters. The van der Waals surface area contributed by atoms with Gasteiger partial charge in [0.1, 0.15) is 0 Å². The van der Waals surface area contributed by atoms with Crippen molar-refractivity contribution in [1.29, 1.82) is 0 Å². The summed E-state index contributed by atoms with van der Waals surface area (Å²) in [5, 5.41) is 5.33. The number of hydrogen-bond acceptors (Lipinski definition) is 4. The number of rotatable bonds is 3. The monoisotopic (exact) mass is 541 g/mol. The van der Waals surface area contributed by atoms with Gasteiger partial charge in [0.15, 0.2) is 0 Å². The summed E-state index contributed by atoms with van der Waals surface area (Å²) in [6.07, 6.45) is 4.46. The Labute approximate surface area is 219 Å². The molecule has 6 nitrogen and oxygen atoms in total. The van der Waals surface area contributed by atoms with E-state index in [-0.39, 0.29) is 6.03 Å². The van der Waals surface area contributed by atoms with E-state index in [9.17, 15) is 4.79 Å². The summed E-state index contributed by atoms with van der Waals surface area (Å²) in [6.45, 7) is 4.71. The van der Waals surface area contributed by atoms with E-state index in [1.54, 1.807) is 12.4 Å². The average Bonchev–Trinajstić information content (AvgIpc) is 3.32. The van der Waals surface area contributed by atoms with Gasteiger partial charge in [-0.05, 0) is 81.8 Å². The number of nitrogens with zero attached hydrogens (tertiary/aromatic N) is 4. The smallest absolute Gasteiger partial charge is 0.326 e. The third-order valence-corrected chi connectivity index (χ3v) is 7.92. The number of amides is 2. The number of carbonyl (C=O) groups is 1. The lowest BCUT2D eigenvalue weighted by molar-refractivity contribution is 0.257. The number of aromatic nitrogens is 1. The number of carbonyl (C=O) groups excluding carboxylic acids is 1. The van der Waals surface area contributed by atoms with E-state index in [2.05, 4.69) is 73.4 Å². The number of pyridine rings is 1. The van der Waals surface area contributed by atoms with E-state index in [0.717, 1.165) is 76.0 Å². The Hall–Kier alpha value is -3.42. The third-order valence-electron chi connectivity index (χ3n) is 7.29. The van der Waals surface area contributed by atoms with Crippen LogP contribution in [0, 0.1) is 0 Å². The highest BCUT2D eigenvalue weighted by Gasteiger charge is 2.28. The molecule has 4 aromatic rings. The molecule has 182 valence electrons. The van der Waals surface area contributed by atoms with Crippen molar-refractivity contribution in [2.75, 3.05) is 54.9 Å². The van der Waals surface area contributed by atoms with Crippen LogP contribution in [0.5, 0.6) is 0 Å². The van der Waals surface area contributed by atoms with E-state index in [4.69, 9.17) is 0 Å². The van der Waals surface area contributed by atoms with Crippen molar-refractivity contribution in [1.82, 2.24) is 9.88 Å². The van der Waals surface area contributed by atoms with Crippen molar-refractivity contribution in [2.24, 2.45) is 0 Å². The Balaban J connectivity index is 1.30. The van der Waals surface area contributed by atoms with Crippen molar-refractivity contribution < 1.29 is 4.79 Å². The van der Waals surface area contributed by atoms with Gasteiger partial charge < -0.3 is 15.1 Å². The number of urea groups is 1. The van der Waals surface area contributed by atoms with Crippen LogP contribution in [0.4, 0.5) is 21.9 Å². The van der Waals surface area contributed by atoms with E-state index < -0.39 is 0 Å². The van der Waals surface area contributed by atoms with Crippen LogP contribution < -0.4 is 15.1 Å². The lowest BCUT2D eigenvalue weighted by atomic mass is 9.98. The van der Waals surface area contributed by atoms with Gasteiger partial charge >= 0.3 is 6.03 Å². The molecule has 1 saturated heterocycles. The second kappa shape index (κ2) is 9.56. The molecule has 0 saturated carbocycles. The summed E-state index contributed by atoms with van der Waals surface area (Å²) in [5.41, 5.74) is 6.41. The minimum Gasteiger partial charge on any atom is -0.368 e. The first-order valence-corrected chi connectivity index (χ1v) is 13.1. The van der Waals surface area contributed by atoms with Gasteiger partial charge in [-0.1, -0.05) is 30.3 Å². The first-order chi connectivity index (χ1) is 17.6. The summed E-state index contributed by atoms with van der Waals surface area (Å²) < 4.78 is 1.10. The highest BCUT2D eigenvalue weighted by atomic mass is 79.9. The topological polar surface area (TPSA) is 51.7 Å². The largest absolute Gasteiger partial charge is 0.368 e. The van der Waals surface area contributed by atoms with Crippen LogP contribution in [0.1, 0.15) is 5.56 Å². The maximum absolute atomic E-state index is 13.6. The summed E-state index contributed by atoms with van der Waals surface area (Å²) in [7, 11) is 2.16. The Kier molecular flexibility index (Phi) is 6.11. The molecule has 1 N–H and O–H groups in total. The molecule has 0 radical (unpaired) electrons. The zero-order valence-corrected chi connectivity index (χ0v) is 21.8. The molecular formula is C29H28BrN5O. The molecular weight excluding hydrogens is 514 g/mol. The normalized spacial score (nSPS) is 15.8. The van der Waals surface area contributed by atoms with Crippen LogP contribution in [0.2, 0.25) is 0 Å². The summed E-state index contributed by atoms with van der Waals surface area (Å²) in [5.74, 6) is 0. The fourth-order valence-electron chi connectivity index (χ4n) is 5.27. The molecule has 0 bridgehead atoms. The fraction of sp³-hybridized carbons (Fsp3) is 0.241. The number of halogens is 1. The fourth-order valence-corrected chi connectivity index (χ4v) is 5.91. The van der Waals surface area contributed by atoms with Crippen LogP contribution in [-0.4, -0.2) is 55.7 Å². The number of piperazine rings is 1. The minimum absolute atomic E-state index is 0.0952. The number of likely N-dealkylation sites (N-methyl/N-ethyl adjacent to an activating group) is 1. The van der Waals surface area contributed by atoms with Gasteiger partial charge in [0.05, 0.1) is 17.1 Å². The molecule has 3 aromatic carbocycles. The first-order valence-electron chi connectivity index (χ1n) is 12.3. The highest BCUT2D eigenvalue weighted by molar-refractivity contribution is 9.10. The SMILES string of the molecule is CN1CCN(c2cc3c(cc2Br)CCN3C(=O)Nc2ccc(-c3ccncc3)c3ccccc23)CC1. The zero-order chi connectivity index (χ0) is 24.6. The Morgan fingerprint density at radius 2 is 1.64 bits per heavy atom. The third kappa shape index (κ3) is 4.22. The molecule has 0 atom stereocenters. The van der Waals surface area contributed by atoms with Crippen LogP contribution in [0.25, 0.3) is 21.9 Å². The summed E-state index contributed by atoms with van der Waals surface area (Å²) in [6, 6.07) is 20.6. The number of benzene rings is 3. The molecule has 0 spiro atoms. The van der Waals surface area contributed by atoms with Gasteiger partial charge in [-0.2, -0.15) is 0 Å². The quantitative estimate of drug-likeness (QED) is 0.345. The van der Waals surface area contributed by atoms with Gasteiger partial charge in [0.2, 0.25) is 0 Å². The molecule has 0 aliphatic carbocycles. The van der Waals surface area contributed by atoms with Gasteiger partial charge in [-0.3, -0.25) is 9.88 Å². The van der Waals surface area contributed by atoms with E-state index in [1.165, 1.54) is 5.56 Å². The number of nitrogens with one attached hydrogen (secondary N) is 1. The van der Waals surface area contributed by atoms with Crippen LogP contribution in [0.15, 0.2) is 77.5 Å². The van der Waals surface area contributed by atoms with Crippen molar-refractivity contribution in [3.8, 4) is 11.1 Å². The lowest BCUT2D eigenvalue weighted by Crippen LogP contribution is -2.44. The lowest BCUT2D eigenvalue weighted by Gasteiger charge is -2.35. The average molecular weight is 542 g/mol. The van der Waals surface area contributed by atoms with E-state index in [0.29, 0.717) is 6.54 Å². The summed E-state index contributed by atoms with van der Waals surface area (Å²) >= 11 is 3.79. The maximum atomic E-state index is 13.6. The number of anilines is 3. The van der Waals surface area contributed by atoms with Gasteiger partial charge in [0.25, 0.3) is 0 Å². The van der Waals surface area contributed by atoms with Gasteiger partial charge in [-0.15, -0.1) is 0 Å². The van der Waals surface area contributed by atoms with E-state index in [1.807, 2.05) is 35.2 Å². The minimum atomic E-state index is -0.0952. The Bertz CT molecular complexity index is 1430. The molecule has 2 amide bonds. The molecule has 6 rings (SSSR count). The Morgan fingerprint density at radius 3 is 2.42 bits per heavy atom. The van der Waals surface area contributed by atoms with Crippen LogP contribution in [-0.2, 0) is 6.42 Å². The number of fused-ring (bicyclic) bond motifs is 2. The predicted octanol–water partition coefficient (Wildman–Crippen LogP) is 6.01. The van der Waals surface area contributed by atoms with E-state index >= 15 is 0 Å². The molecule has 2 aliphatic rings. The first kappa shape index (κ1) is 23.0. The molecule has 2 aliphatic heterocycles. The van der Waals surface area contributed by atoms with Crippen LogP contribution in [0.3, 0.4) is 0 Å². The molecule has 7 heteroatoms. The summed E-state index contributed by atoms with van der Waals surface area (Å²) in [4.78, 5) is 24.3. The predicted molar refractivity (Wildman–Crippen MR) is 151 cm³/mol. The van der Waals surface area contributed by atoms with Gasteiger partial charge in [0, 0.05) is 55.0 Å². The molecule has 3 heterocycles.